The molecule has 18 heavy (non-hydrogen) atoms. The molecule has 2 atom stereocenters. The minimum absolute atomic E-state index is 0.0804. The third-order valence-electron chi connectivity index (χ3n) is 2.76. The topological polar surface area (TPSA) is 68.3 Å². The van der Waals surface area contributed by atoms with Crippen molar-refractivity contribution in [2.24, 2.45) is 5.73 Å². The normalized spacial score (nSPS) is 13.5. The van der Waals surface area contributed by atoms with E-state index >= 15 is 0 Å². The molecule has 0 saturated heterocycles. The molecule has 98 valence electrons. The minimum atomic E-state index is -0.516. The molecule has 0 fully saturated rings. The van der Waals surface area contributed by atoms with Gasteiger partial charge in [-0.25, -0.2) is 0 Å². The van der Waals surface area contributed by atoms with Crippen molar-refractivity contribution in [2.75, 3.05) is 7.11 Å². The average molecular weight is 248 g/mol. The average Bonchev–Trinajstić information content (AvgIpc) is 2.40. The van der Waals surface area contributed by atoms with E-state index in [2.05, 4.69) is 6.07 Å². The Labute approximate surface area is 108 Å². The van der Waals surface area contributed by atoms with Gasteiger partial charge >= 0.3 is 0 Å². The molecule has 0 aliphatic rings. The van der Waals surface area contributed by atoms with E-state index in [1.807, 2.05) is 25.1 Å². The fraction of sp³-hybridized carbons (Fsp3) is 0.500. The van der Waals surface area contributed by atoms with Gasteiger partial charge in [0.15, 0.2) is 17.6 Å². The third kappa shape index (κ3) is 3.64. The van der Waals surface area contributed by atoms with Crippen LogP contribution in [-0.4, -0.2) is 19.3 Å². The van der Waals surface area contributed by atoms with Crippen LogP contribution in [0.4, 0.5) is 0 Å². The summed E-state index contributed by atoms with van der Waals surface area (Å²) in [5.74, 6) is 1.26. The van der Waals surface area contributed by atoms with Crippen LogP contribution in [0.15, 0.2) is 18.2 Å². The number of benzene rings is 1. The van der Waals surface area contributed by atoms with Gasteiger partial charge in [-0.3, -0.25) is 0 Å². The highest BCUT2D eigenvalue weighted by Gasteiger charge is 2.15. The van der Waals surface area contributed by atoms with Crippen molar-refractivity contribution in [2.45, 2.75) is 38.8 Å². The first-order valence-electron chi connectivity index (χ1n) is 6.10. The lowest BCUT2D eigenvalue weighted by molar-refractivity contribution is 0.256. The molecule has 1 rings (SSSR count). The standard InChI is InChI=1S/C14H20N2O2/c1-4-12(16)8-11-6-5-7-13(17-3)14(11)18-10(2)9-15/h5-7,10,12H,4,8,16H2,1-3H3. The fourth-order valence-corrected chi connectivity index (χ4v) is 1.65. The lowest BCUT2D eigenvalue weighted by Gasteiger charge is -2.18. The zero-order valence-corrected chi connectivity index (χ0v) is 11.1. The Balaban J connectivity index is 3.04. The number of ether oxygens (including phenoxy) is 2. The highest BCUT2D eigenvalue weighted by atomic mass is 16.5. The second kappa shape index (κ2) is 6.87. The van der Waals surface area contributed by atoms with Crippen LogP contribution in [0, 0.1) is 11.3 Å². The SMILES string of the molecule is CCC(N)Cc1cccc(OC)c1OC(C)C#N. The molecule has 0 aliphatic carbocycles. The van der Waals surface area contributed by atoms with Crippen molar-refractivity contribution in [1.29, 1.82) is 5.26 Å². The van der Waals surface area contributed by atoms with E-state index < -0.39 is 6.10 Å². The van der Waals surface area contributed by atoms with Gasteiger partial charge in [0.25, 0.3) is 0 Å². The second-order valence-corrected chi connectivity index (χ2v) is 4.21. The monoisotopic (exact) mass is 248 g/mol. The number of rotatable bonds is 6. The summed E-state index contributed by atoms with van der Waals surface area (Å²) in [6.45, 7) is 3.75. The van der Waals surface area contributed by atoms with Crippen LogP contribution in [0.25, 0.3) is 0 Å². The summed E-state index contributed by atoms with van der Waals surface area (Å²) in [5, 5.41) is 8.84. The van der Waals surface area contributed by atoms with E-state index in [-0.39, 0.29) is 6.04 Å². The van der Waals surface area contributed by atoms with Crippen LogP contribution in [0.3, 0.4) is 0 Å². The fourth-order valence-electron chi connectivity index (χ4n) is 1.65. The van der Waals surface area contributed by atoms with Gasteiger partial charge < -0.3 is 15.2 Å². The van der Waals surface area contributed by atoms with E-state index in [0.29, 0.717) is 17.9 Å². The molecule has 0 spiro atoms. The smallest absolute Gasteiger partial charge is 0.181 e. The molecule has 1 aromatic carbocycles. The molecular weight excluding hydrogens is 228 g/mol. The molecule has 1 aromatic rings. The summed E-state index contributed by atoms with van der Waals surface area (Å²) < 4.78 is 10.9. The van der Waals surface area contributed by atoms with E-state index in [1.165, 1.54) is 0 Å². The molecule has 2 unspecified atom stereocenters. The number of nitrogens with two attached hydrogens (primary N) is 1. The third-order valence-corrected chi connectivity index (χ3v) is 2.76. The lowest BCUT2D eigenvalue weighted by atomic mass is 10.0. The van der Waals surface area contributed by atoms with Crippen molar-refractivity contribution in [3.05, 3.63) is 23.8 Å². The maximum atomic E-state index is 8.84. The summed E-state index contributed by atoms with van der Waals surface area (Å²) in [6, 6.07) is 7.81. The molecule has 4 nitrogen and oxygen atoms in total. The lowest BCUT2D eigenvalue weighted by Crippen LogP contribution is -2.22. The molecule has 0 aliphatic heterocycles. The van der Waals surface area contributed by atoms with Gasteiger partial charge in [-0.2, -0.15) is 5.26 Å². The molecule has 0 saturated carbocycles. The molecule has 0 heterocycles. The van der Waals surface area contributed by atoms with Crippen molar-refractivity contribution in [1.82, 2.24) is 0 Å². The molecule has 0 radical (unpaired) electrons. The van der Waals surface area contributed by atoms with Gasteiger partial charge in [0, 0.05) is 6.04 Å². The van der Waals surface area contributed by atoms with Gasteiger partial charge in [-0.15, -0.1) is 0 Å². The summed E-state index contributed by atoms with van der Waals surface area (Å²) in [6.07, 6.45) is 1.09. The number of nitrogens with zero attached hydrogens (tertiary/aromatic N) is 1. The summed E-state index contributed by atoms with van der Waals surface area (Å²) in [5.41, 5.74) is 6.94. The first-order valence-corrected chi connectivity index (χ1v) is 6.10. The number of hydrogen-bond donors (Lipinski definition) is 1. The quantitative estimate of drug-likeness (QED) is 0.838. The predicted octanol–water partition coefficient (Wildman–Crippen LogP) is 2.27. The molecule has 0 aromatic heterocycles. The first kappa shape index (κ1) is 14.3. The second-order valence-electron chi connectivity index (χ2n) is 4.21. The number of hydrogen-bond acceptors (Lipinski definition) is 4. The van der Waals surface area contributed by atoms with Crippen molar-refractivity contribution in [3.63, 3.8) is 0 Å². The van der Waals surface area contributed by atoms with Gasteiger partial charge in [0.1, 0.15) is 6.07 Å². The van der Waals surface area contributed by atoms with E-state index in [1.54, 1.807) is 14.0 Å². The molecular formula is C14H20N2O2. The van der Waals surface area contributed by atoms with Crippen molar-refractivity contribution < 1.29 is 9.47 Å². The molecule has 0 amide bonds. The highest BCUT2D eigenvalue weighted by molar-refractivity contribution is 5.47. The Hall–Kier alpha value is -1.73. The number of methoxy groups -OCH3 is 1. The zero-order valence-electron chi connectivity index (χ0n) is 11.1. The van der Waals surface area contributed by atoms with Gasteiger partial charge in [0.05, 0.1) is 7.11 Å². The maximum Gasteiger partial charge on any atom is 0.181 e. The van der Waals surface area contributed by atoms with Crippen LogP contribution < -0.4 is 15.2 Å². The number of nitriles is 1. The van der Waals surface area contributed by atoms with E-state index in [0.717, 1.165) is 12.0 Å². The van der Waals surface area contributed by atoms with Crippen LogP contribution in [-0.2, 0) is 6.42 Å². The van der Waals surface area contributed by atoms with Crippen LogP contribution in [0.5, 0.6) is 11.5 Å². The predicted molar refractivity (Wildman–Crippen MR) is 70.7 cm³/mol. The van der Waals surface area contributed by atoms with E-state index in [9.17, 15) is 0 Å². The largest absolute Gasteiger partial charge is 0.493 e. The maximum absolute atomic E-state index is 8.84. The summed E-state index contributed by atoms with van der Waals surface area (Å²) in [4.78, 5) is 0. The Morgan fingerprint density at radius 2 is 2.17 bits per heavy atom. The Kier molecular flexibility index (Phi) is 5.47. The van der Waals surface area contributed by atoms with Gasteiger partial charge in [-0.1, -0.05) is 19.1 Å². The Morgan fingerprint density at radius 3 is 2.72 bits per heavy atom. The molecule has 0 bridgehead atoms. The van der Waals surface area contributed by atoms with Gasteiger partial charge in [0.2, 0.25) is 0 Å². The summed E-state index contributed by atoms with van der Waals surface area (Å²) in [7, 11) is 1.59. The summed E-state index contributed by atoms with van der Waals surface area (Å²) >= 11 is 0. The Bertz CT molecular complexity index is 426. The van der Waals surface area contributed by atoms with E-state index in [4.69, 9.17) is 20.5 Å². The van der Waals surface area contributed by atoms with Crippen molar-refractivity contribution >= 4 is 0 Å². The number of para-hydroxylation sites is 1. The highest BCUT2D eigenvalue weighted by Crippen LogP contribution is 2.32. The van der Waals surface area contributed by atoms with Crippen LogP contribution >= 0.6 is 0 Å². The minimum Gasteiger partial charge on any atom is -0.493 e. The zero-order chi connectivity index (χ0) is 13.5. The van der Waals surface area contributed by atoms with Crippen molar-refractivity contribution in [3.8, 4) is 17.6 Å². The Morgan fingerprint density at radius 1 is 1.44 bits per heavy atom. The van der Waals surface area contributed by atoms with Crippen LogP contribution in [0.2, 0.25) is 0 Å². The molecule has 2 N–H and O–H groups in total. The first-order chi connectivity index (χ1) is 8.62. The molecule has 4 heteroatoms. The van der Waals surface area contributed by atoms with Gasteiger partial charge in [-0.05, 0) is 31.4 Å². The van der Waals surface area contributed by atoms with Crippen LogP contribution in [0.1, 0.15) is 25.8 Å².